The molecule has 6 heteroatoms. The summed E-state index contributed by atoms with van der Waals surface area (Å²) in [5, 5.41) is 10.9. The van der Waals surface area contributed by atoms with Crippen molar-refractivity contribution >= 4 is 23.2 Å². The third kappa shape index (κ3) is 3.10. The minimum atomic E-state index is -0.565. The average molecular weight is 297 g/mol. The first-order valence-corrected chi connectivity index (χ1v) is 7.13. The van der Waals surface area contributed by atoms with Gasteiger partial charge in [-0.2, -0.15) is 0 Å². The van der Waals surface area contributed by atoms with Crippen LogP contribution in [0, 0.1) is 10.1 Å². The van der Waals surface area contributed by atoms with Crippen molar-refractivity contribution in [3.05, 3.63) is 38.9 Å². The Morgan fingerprint density at radius 3 is 2.85 bits per heavy atom. The summed E-state index contributed by atoms with van der Waals surface area (Å²) < 4.78 is 0. The number of hydrogen-bond donors (Lipinski definition) is 0. The molecule has 1 aromatic rings. The van der Waals surface area contributed by atoms with E-state index < -0.39 is 4.92 Å². The van der Waals surface area contributed by atoms with Gasteiger partial charge in [0.1, 0.15) is 5.02 Å². The second kappa shape index (κ2) is 6.22. The summed E-state index contributed by atoms with van der Waals surface area (Å²) in [6.07, 6.45) is 4.19. The minimum absolute atomic E-state index is 0.0514. The molecule has 0 aliphatic carbocycles. The van der Waals surface area contributed by atoms with E-state index in [4.69, 9.17) is 11.6 Å². The lowest BCUT2D eigenvalue weighted by atomic mass is 10.1. The summed E-state index contributed by atoms with van der Waals surface area (Å²) >= 11 is 5.77. The molecule has 5 nitrogen and oxygen atoms in total. The fraction of sp³-hybridized carbons (Fsp3) is 0.500. The number of carbonyl (C=O) groups excluding carboxylic acids is 1. The van der Waals surface area contributed by atoms with E-state index in [0.29, 0.717) is 12.1 Å². The van der Waals surface area contributed by atoms with Crippen molar-refractivity contribution in [1.29, 1.82) is 0 Å². The zero-order valence-corrected chi connectivity index (χ0v) is 12.1. The Morgan fingerprint density at radius 1 is 1.40 bits per heavy atom. The standard InChI is InChI=1S/C14H17ClN2O3/c1-10-5-3-2-4-8-16(10)14(18)11-6-7-12(15)13(9-11)17(19)20/h6-7,9-10H,2-5,8H2,1H3. The average Bonchev–Trinajstić information content (AvgIpc) is 2.63. The van der Waals surface area contributed by atoms with Gasteiger partial charge in [0, 0.05) is 24.2 Å². The number of halogens is 1. The summed E-state index contributed by atoms with van der Waals surface area (Å²) in [5.41, 5.74) is 0.106. The van der Waals surface area contributed by atoms with Crippen LogP contribution in [-0.2, 0) is 0 Å². The van der Waals surface area contributed by atoms with Crippen LogP contribution in [0.3, 0.4) is 0 Å². The summed E-state index contributed by atoms with van der Waals surface area (Å²) in [6, 6.07) is 4.40. The Labute approximate surface area is 122 Å². The maximum atomic E-state index is 12.5. The first-order valence-electron chi connectivity index (χ1n) is 6.75. The van der Waals surface area contributed by atoms with Crippen LogP contribution in [0.15, 0.2) is 18.2 Å². The Bertz CT molecular complexity index is 533. The van der Waals surface area contributed by atoms with Gasteiger partial charge in [-0.1, -0.05) is 24.4 Å². The zero-order valence-electron chi connectivity index (χ0n) is 11.3. The summed E-state index contributed by atoms with van der Waals surface area (Å²) in [6.45, 7) is 2.73. The lowest BCUT2D eigenvalue weighted by Gasteiger charge is -2.27. The van der Waals surface area contributed by atoms with Crippen LogP contribution in [-0.4, -0.2) is 28.3 Å². The fourth-order valence-electron chi connectivity index (χ4n) is 2.53. The monoisotopic (exact) mass is 296 g/mol. The molecule has 1 heterocycles. The highest BCUT2D eigenvalue weighted by Crippen LogP contribution is 2.27. The second-order valence-electron chi connectivity index (χ2n) is 5.12. The highest BCUT2D eigenvalue weighted by molar-refractivity contribution is 6.32. The van der Waals surface area contributed by atoms with Crippen LogP contribution in [0.4, 0.5) is 5.69 Å². The van der Waals surface area contributed by atoms with Gasteiger partial charge in [-0.3, -0.25) is 14.9 Å². The van der Waals surface area contributed by atoms with E-state index in [-0.39, 0.29) is 22.7 Å². The van der Waals surface area contributed by atoms with Crippen LogP contribution >= 0.6 is 11.6 Å². The van der Waals surface area contributed by atoms with Gasteiger partial charge in [-0.15, -0.1) is 0 Å². The smallest absolute Gasteiger partial charge is 0.288 e. The first-order chi connectivity index (χ1) is 9.50. The lowest BCUT2D eigenvalue weighted by molar-refractivity contribution is -0.384. The highest BCUT2D eigenvalue weighted by atomic mass is 35.5. The number of nitro benzene ring substituents is 1. The maximum Gasteiger partial charge on any atom is 0.288 e. The van der Waals surface area contributed by atoms with E-state index in [1.54, 1.807) is 11.0 Å². The molecule has 1 aromatic carbocycles. The SMILES string of the molecule is CC1CCCCCN1C(=O)c1ccc(Cl)c([N+](=O)[O-])c1. The molecule has 1 fully saturated rings. The molecular formula is C14H17ClN2O3. The molecule has 0 N–H and O–H groups in total. The van der Waals surface area contributed by atoms with Gasteiger partial charge in [0.15, 0.2) is 0 Å². The molecule has 2 rings (SSSR count). The fourth-order valence-corrected chi connectivity index (χ4v) is 2.71. The lowest BCUT2D eigenvalue weighted by Crippen LogP contribution is -2.38. The predicted octanol–water partition coefficient (Wildman–Crippen LogP) is 3.65. The summed E-state index contributed by atoms with van der Waals surface area (Å²) in [5.74, 6) is -0.154. The third-order valence-corrected chi connectivity index (χ3v) is 4.02. The third-order valence-electron chi connectivity index (χ3n) is 3.70. The Kier molecular flexibility index (Phi) is 4.60. The van der Waals surface area contributed by atoms with Gasteiger partial charge in [0.25, 0.3) is 11.6 Å². The van der Waals surface area contributed by atoms with Gasteiger partial charge in [0.2, 0.25) is 0 Å². The molecule has 0 bridgehead atoms. The Hall–Kier alpha value is -1.62. The van der Waals surface area contributed by atoms with E-state index in [0.717, 1.165) is 25.7 Å². The first kappa shape index (κ1) is 14.8. The molecule has 0 saturated carbocycles. The molecule has 108 valence electrons. The van der Waals surface area contributed by atoms with E-state index in [1.165, 1.54) is 12.1 Å². The van der Waals surface area contributed by atoms with Gasteiger partial charge in [-0.25, -0.2) is 0 Å². The molecule has 1 unspecified atom stereocenters. The molecule has 0 aromatic heterocycles. The minimum Gasteiger partial charge on any atom is -0.336 e. The van der Waals surface area contributed by atoms with E-state index >= 15 is 0 Å². The molecule has 1 atom stereocenters. The molecule has 0 radical (unpaired) electrons. The summed E-state index contributed by atoms with van der Waals surface area (Å²) in [4.78, 5) is 24.6. The van der Waals surface area contributed by atoms with Gasteiger partial charge < -0.3 is 4.90 Å². The molecule has 20 heavy (non-hydrogen) atoms. The van der Waals surface area contributed by atoms with Gasteiger partial charge in [-0.05, 0) is 31.9 Å². The van der Waals surface area contributed by atoms with Crippen molar-refractivity contribution in [3.8, 4) is 0 Å². The van der Waals surface area contributed by atoms with E-state index in [9.17, 15) is 14.9 Å². The number of hydrogen-bond acceptors (Lipinski definition) is 3. The van der Waals surface area contributed by atoms with Crippen molar-refractivity contribution in [2.45, 2.75) is 38.6 Å². The van der Waals surface area contributed by atoms with E-state index in [2.05, 4.69) is 0 Å². The predicted molar refractivity (Wildman–Crippen MR) is 77.1 cm³/mol. The Morgan fingerprint density at radius 2 is 2.15 bits per heavy atom. The zero-order chi connectivity index (χ0) is 14.7. The van der Waals surface area contributed by atoms with Crippen molar-refractivity contribution in [2.75, 3.05) is 6.54 Å². The second-order valence-corrected chi connectivity index (χ2v) is 5.53. The van der Waals surface area contributed by atoms with Crippen LogP contribution in [0.25, 0.3) is 0 Å². The molecule has 1 aliphatic rings. The van der Waals surface area contributed by atoms with Crippen LogP contribution in [0.1, 0.15) is 43.0 Å². The van der Waals surface area contributed by atoms with Crippen molar-refractivity contribution in [2.24, 2.45) is 0 Å². The van der Waals surface area contributed by atoms with Gasteiger partial charge in [0.05, 0.1) is 4.92 Å². The maximum absolute atomic E-state index is 12.5. The quantitative estimate of drug-likeness (QED) is 0.618. The number of likely N-dealkylation sites (tertiary alicyclic amines) is 1. The number of rotatable bonds is 2. The van der Waals surface area contributed by atoms with Crippen LogP contribution < -0.4 is 0 Å². The van der Waals surface area contributed by atoms with Crippen molar-refractivity contribution < 1.29 is 9.72 Å². The van der Waals surface area contributed by atoms with Crippen molar-refractivity contribution in [3.63, 3.8) is 0 Å². The molecule has 0 spiro atoms. The number of nitro groups is 1. The number of carbonyl (C=O) groups is 1. The van der Waals surface area contributed by atoms with Gasteiger partial charge >= 0.3 is 0 Å². The van der Waals surface area contributed by atoms with E-state index in [1.807, 2.05) is 6.92 Å². The largest absolute Gasteiger partial charge is 0.336 e. The van der Waals surface area contributed by atoms with Crippen LogP contribution in [0.2, 0.25) is 5.02 Å². The number of nitrogens with zero attached hydrogens (tertiary/aromatic N) is 2. The molecule has 1 amide bonds. The summed E-state index contributed by atoms with van der Waals surface area (Å²) in [7, 11) is 0. The molecule has 1 aliphatic heterocycles. The normalized spacial score (nSPS) is 19.5. The topological polar surface area (TPSA) is 63.5 Å². The molecular weight excluding hydrogens is 280 g/mol. The number of amides is 1. The highest BCUT2D eigenvalue weighted by Gasteiger charge is 2.25. The number of benzene rings is 1. The Balaban J connectivity index is 2.28. The van der Waals surface area contributed by atoms with Crippen molar-refractivity contribution in [1.82, 2.24) is 4.90 Å². The molecule has 1 saturated heterocycles. The van der Waals surface area contributed by atoms with Crippen LogP contribution in [0.5, 0.6) is 0 Å².